The Hall–Kier alpha value is 0.0300. The number of aliphatic hydroxyl groups excluding tert-OH is 7. The molecule has 2 fully saturated rings. The van der Waals surface area contributed by atoms with Crippen LogP contribution >= 0.6 is 0 Å². The van der Waals surface area contributed by atoms with Gasteiger partial charge in [-0.3, -0.25) is 0 Å². The minimum atomic E-state index is -1.99. The number of carbonyl (C=O) groups excluding carboxylic acids is 1. The van der Waals surface area contributed by atoms with Gasteiger partial charge in [-0.2, -0.15) is 0 Å². The monoisotopic (exact) mass is 464 g/mol. The van der Waals surface area contributed by atoms with E-state index < -0.39 is 85.7 Å². The van der Waals surface area contributed by atoms with Crippen molar-refractivity contribution < 1.29 is 94.2 Å². The second-order valence-corrected chi connectivity index (χ2v) is 8.15. The standard InChI is InChI=1S/C17H30O13.Na/c1-15(6-27-4-7(19)20)11(24)8(21)9(22)14(29-15)30-17(3)12(25)10(23)13(26)28-16(17,2)5-18;/h8-14,18,21-26H,4-6H2,1-3H3,(H,19,20);/q;+1/p-1. The Morgan fingerprint density at radius 3 is 2.06 bits per heavy atom. The van der Waals surface area contributed by atoms with E-state index in [1.54, 1.807) is 0 Å². The molecule has 0 radical (unpaired) electrons. The molecule has 7 N–H and O–H groups in total. The van der Waals surface area contributed by atoms with Gasteiger partial charge in [0.25, 0.3) is 0 Å². The third kappa shape index (κ3) is 5.41. The molecule has 14 heteroatoms. The largest absolute Gasteiger partial charge is 1.00 e. The van der Waals surface area contributed by atoms with Gasteiger partial charge in [0.05, 0.1) is 25.8 Å². The molecule has 10 atom stereocenters. The van der Waals surface area contributed by atoms with Gasteiger partial charge < -0.3 is 64.6 Å². The molecule has 0 amide bonds. The summed E-state index contributed by atoms with van der Waals surface area (Å²) in [6.07, 6.45) is -12.7. The first-order valence-electron chi connectivity index (χ1n) is 9.23. The average molecular weight is 464 g/mol. The molecule has 0 aromatic carbocycles. The van der Waals surface area contributed by atoms with Crippen LogP contribution < -0.4 is 34.7 Å². The van der Waals surface area contributed by atoms with Crippen LogP contribution in [0.1, 0.15) is 20.8 Å². The molecule has 31 heavy (non-hydrogen) atoms. The van der Waals surface area contributed by atoms with Crippen LogP contribution in [0, 0.1) is 0 Å². The zero-order valence-electron chi connectivity index (χ0n) is 17.7. The van der Waals surface area contributed by atoms with Crippen molar-refractivity contribution in [3.63, 3.8) is 0 Å². The van der Waals surface area contributed by atoms with Crippen LogP contribution in [-0.2, 0) is 23.7 Å². The molecule has 0 spiro atoms. The first-order chi connectivity index (χ1) is 13.7. The number of ether oxygens (including phenoxy) is 4. The SMILES string of the molecule is CC1(COCC(=O)[O-])OC(OC2(C)C(O)C(O)C(O)OC2(C)CO)C(O)C(O)C1O.[Na+]. The maximum absolute atomic E-state index is 10.5. The maximum Gasteiger partial charge on any atom is 1.00 e. The fourth-order valence-electron chi connectivity index (χ4n) is 3.54. The molecular formula is C17H29NaO13. The van der Waals surface area contributed by atoms with Gasteiger partial charge in [-0.25, -0.2) is 0 Å². The zero-order valence-corrected chi connectivity index (χ0v) is 19.7. The Morgan fingerprint density at radius 1 is 0.968 bits per heavy atom. The van der Waals surface area contributed by atoms with Crippen LogP contribution in [-0.4, -0.2) is 121 Å². The molecule has 10 unspecified atom stereocenters. The molecule has 0 aliphatic carbocycles. The molecular weight excluding hydrogens is 435 g/mol. The predicted octanol–water partition coefficient (Wildman–Crippen LogP) is -8.45. The number of hydrogen-bond donors (Lipinski definition) is 7. The Labute approximate surface area is 200 Å². The molecule has 0 aromatic rings. The van der Waals surface area contributed by atoms with Crippen LogP contribution in [0.2, 0.25) is 0 Å². The van der Waals surface area contributed by atoms with E-state index in [1.807, 2.05) is 0 Å². The van der Waals surface area contributed by atoms with Gasteiger partial charge in [0.1, 0.15) is 47.3 Å². The minimum absolute atomic E-state index is 0. The number of carboxylic acids is 1. The molecule has 2 rings (SSSR count). The molecule has 13 nitrogen and oxygen atoms in total. The first-order valence-corrected chi connectivity index (χ1v) is 9.23. The Bertz CT molecular complexity index is 625. The van der Waals surface area contributed by atoms with Crippen molar-refractivity contribution in [1.29, 1.82) is 0 Å². The summed E-state index contributed by atoms with van der Waals surface area (Å²) in [6.45, 7) is 1.60. The van der Waals surface area contributed by atoms with Crippen molar-refractivity contribution in [2.75, 3.05) is 19.8 Å². The molecule has 176 valence electrons. The van der Waals surface area contributed by atoms with Gasteiger partial charge in [-0.15, -0.1) is 0 Å². The number of rotatable bonds is 7. The van der Waals surface area contributed by atoms with Gasteiger partial charge >= 0.3 is 29.6 Å². The average Bonchev–Trinajstić information content (AvgIpc) is 2.67. The van der Waals surface area contributed by atoms with Gasteiger partial charge in [0, 0.05) is 0 Å². The summed E-state index contributed by atoms with van der Waals surface area (Å²) in [5, 5.41) is 81.5. The van der Waals surface area contributed by atoms with Gasteiger partial charge in [0.2, 0.25) is 0 Å². The third-order valence-electron chi connectivity index (χ3n) is 5.85. The fraction of sp³-hybridized carbons (Fsp3) is 0.941. The second-order valence-electron chi connectivity index (χ2n) is 8.15. The summed E-state index contributed by atoms with van der Waals surface area (Å²) < 4.78 is 21.3. The zero-order chi connectivity index (χ0) is 23.1. The first kappa shape index (κ1) is 29.1. The third-order valence-corrected chi connectivity index (χ3v) is 5.85. The summed E-state index contributed by atoms with van der Waals surface area (Å²) >= 11 is 0. The number of hydrogen-bond acceptors (Lipinski definition) is 13. The molecule has 2 saturated heterocycles. The van der Waals surface area contributed by atoms with Crippen molar-refractivity contribution in [2.45, 2.75) is 80.7 Å². The van der Waals surface area contributed by atoms with Crippen molar-refractivity contribution in [1.82, 2.24) is 0 Å². The second kappa shape index (κ2) is 10.5. The molecule has 2 heterocycles. The van der Waals surface area contributed by atoms with E-state index in [-0.39, 0.29) is 29.6 Å². The van der Waals surface area contributed by atoms with Crippen LogP contribution in [0.5, 0.6) is 0 Å². The Balaban J connectivity index is 0.00000480. The summed E-state index contributed by atoms with van der Waals surface area (Å²) in [7, 11) is 0. The molecule has 0 saturated carbocycles. The van der Waals surface area contributed by atoms with E-state index in [4.69, 9.17) is 18.9 Å². The molecule has 0 bridgehead atoms. The van der Waals surface area contributed by atoms with E-state index in [9.17, 15) is 45.6 Å². The topological polar surface area (TPSA) is 219 Å². The van der Waals surface area contributed by atoms with Crippen LogP contribution in [0.25, 0.3) is 0 Å². The van der Waals surface area contributed by atoms with E-state index in [0.717, 1.165) is 0 Å². The Morgan fingerprint density at radius 2 is 1.55 bits per heavy atom. The number of carbonyl (C=O) groups is 1. The predicted molar refractivity (Wildman–Crippen MR) is 91.2 cm³/mol. The number of aliphatic hydroxyl groups is 7. The molecule has 2 aliphatic heterocycles. The molecule has 2 aliphatic rings. The van der Waals surface area contributed by atoms with E-state index in [1.165, 1.54) is 20.8 Å². The Kier molecular flexibility index (Phi) is 9.87. The number of aliphatic carboxylic acids is 1. The summed E-state index contributed by atoms with van der Waals surface area (Å²) in [4.78, 5) is 10.5. The van der Waals surface area contributed by atoms with Crippen LogP contribution in [0.4, 0.5) is 0 Å². The van der Waals surface area contributed by atoms with E-state index in [0.29, 0.717) is 0 Å². The molecule has 0 aromatic heterocycles. The summed E-state index contributed by atoms with van der Waals surface area (Å²) in [5.74, 6) is -1.53. The van der Waals surface area contributed by atoms with Crippen molar-refractivity contribution in [3.8, 4) is 0 Å². The van der Waals surface area contributed by atoms with Gasteiger partial charge in [-0.05, 0) is 20.8 Å². The van der Waals surface area contributed by atoms with Crippen LogP contribution in [0.3, 0.4) is 0 Å². The van der Waals surface area contributed by atoms with Crippen molar-refractivity contribution in [2.24, 2.45) is 0 Å². The number of carboxylic acid groups (broad SMARTS) is 1. The quantitative estimate of drug-likeness (QED) is 0.174. The fourth-order valence-corrected chi connectivity index (χ4v) is 3.54. The maximum atomic E-state index is 10.5. The van der Waals surface area contributed by atoms with E-state index in [2.05, 4.69) is 0 Å². The van der Waals surface area contributed by atoms with Crippen molar-refractivity contribution >= 4 is 5.97 Å². The summed E-state index contributed by atoms with van der Waals surface area (Å²) in [5.41, 5.74) is -5.54. The smallest absolute Gasteiger partial charge is 0.548 e. The normalized spacial score (nSPS) is 48.1. The van der Waals surface area contributed by atoms with Gasteiger partial charge in [0.15, 0.2) is 12.6 Å². The van der Waals surface area contributed by atoms with Gasteiger partial charge in [-0.1, -0.05) is 0 Å². The summed E-state index contributed by atoms with van der Waals surface area (Å²) in [6, 6.07) is 0. The van der Waals surface area contributed by atoms with E-state index >= 15 is 0 Å². The van der Waals surface area contributed by atoms with Crippen LogP contribution in [0.15, 0.2) is 0 Å². The minimum Gasteiger partial charge on any atom is -0.548 e. The van der Waals surface area contributed by atoms with Crippen molar-refractivity contribution in [3.05, 3.63) is 0 Å².